The molecule has 6 heteroatoms. The van der Waals surface area contributed by atoms with Gasteiger partial charge in [0.1, 0.15) is 11.2 Å². The Balaban J connectivity index is 2.16. The van der Waals surface area contributed by atoms with E-state index in [1.807, 2.05) is 0 Å². The Morgan fingerprint density at radius 2 is 2.50 bits per heavy atom. The summed E-state index contributed by atoms with van der Waals surface area (Å²) in [7, 11) is 0. The van der Waals surface area contributed by atoms with Gasteiger partial charge in [0.15, 0.2) is 7.06 Å². The van der Waals surface area contributed by atoms with E-state index in [0.717, 1.165) is 17.9 Å². The molecule has 0 radical (unpaired) electrons. The molecule has 3 rings (SSSR count). The topological polar surface area (TPSA) is 78.8 Å². The maximum absolute atomic E-state index is 11.7. The molecule has 2 aromatic heterocycles. The normalized spacial score (nSPS) is 24.8. The summed E-state index contributed by atoms with van der Waals surface area (Å²) in [6, 6.07) is -0.0993. The third kappa shape index (κ3) is 1.15. The van der Waals surface area contributed by atoms with Crippen molar-refractivity contribution in [3.05, 3.63) is 33.8 Å². The molecule has 0 saturated heterocycles. The Kier molecular flexibility index (Phi) is 1.59. The molecule has 2 atom stereocenters. The monoisotopic (exact) mass is 216 g/mol. The van der Waals surface area contributed by atoms with Crippen LogP contribution in [0.4, 0.5) is 0 Å². The second-order valence-electron chi connectivity index (χ2n) is 3.91. The number of fused-ring (bicyclic) bond motifs is 1. The zero-order valence-corrected chi connectivity index (χ0v) is 8.34. The Morgan fingerprint density at radius 1 is 1.62 bits per heavy atom. The molecule has 2 unspecified atom stereocenters. The van der Waals surface area contributed by atoms with E-state index in [9.17, 15) is 4.79 Å². The van der Waals surface area contributed by atoms with Gasteiger partial charge in [-0.15, -0.1) is 0 Å². The van der Waals surface area contributed by atoms with Crippen LogP contribution in [0.2, 0.25) is 1.41 Å². The summed E-state index contributed by atoms with van der Waals surface area (Å²) < 4.78 is 7.48. The molecular weight excluding hydrogens is 206 g/mol. The van der Waals surface area contributed by atoms with E-state index in [0.29, 0.717) is 11.2 Å². The van der Waals surface area contributed by atoms with Gasteiger partial charge in [0.25, 0.3) is 5.56 Å². The van der Waals surface area contributed by atoms with Crippen LogP contribution in [0, 0.1) is 6.57 Å². The maximum atomic E-state index is 11.7. The van der Waals surface area contributed by atoms with Gasteiger partial charge >= 0.3 is 0 Å². The van der Waals surface area contributed by atoms with E-state index in [1.165, 1.54) is 6.20 Å². The molecule has 0 aromatic carbocycles. The number of rotatable bonds is 1. The van der Waals surface area contributed by atoms with E-state index in [-0.39, 0.29) is 23.2 Å². The average molecular weight is 216 g/mol. The highest BCUT2D eigenvalue weighted by molar-refractivity contribution is 5.72. The smallest absolute Gasteiger partial charge is 0.262 e. The molecule has 1 aliphatic carbocycles. The Bertz CT molecular complexity index is 682. The fourth-order valence-electron chi connectivity index (χ4n) is 1.95. The van der Waals surface area contributed by atoms with Crippen LogP contribution in [0.3, 0.4) is 0 Å². The molecule has 0 bridgehead atoms. The SMILES string of the molecule is [2H]n1ncc2c(=O)[nH]c(C3CCC3[N+]#[C-])nc21. The summed E-state index contributed by atoms with van der Waals surface area (Å²) >= 11 is 0. The third-order valence-electron chi connectivity index (χ3n) is 3.05. The number of aromatic amines is 2. The van der Waals surface area contributed by atoms with Gasteiger partial charge < -0.3 is 9.83 Å². The molecule has 2 aromatic rings. The van der Waals surface area contributed by atoms with E-state index in [1.54, 1.807) is 0 Å². The van der Waals surface area contributed by atoms with Crippen LogP contribution in [0.25, 0.3) is 15.9 Å². The lowest BCUT2D eigenvalue weighted by Gasteiger charge is -2.25. The van der Waals surface area contributed by atoms with E-state index < -0.39 is 0 Å². The first-order chi connectivity index (χ1) is 8.20. The number of nitrogens with zero attached hydrogens (tertiary/aromatic N) is 3. The molecule has 2 N–H and O–H groups in total. The summed E-state index contributed by atoms with van der Waals surface area (Å²) in [5.74, 6) is 0.489. The average Bonchev–Trinajstić information content (AvgIpc) is 2.60. The van der Waals surface area contributed by atoms with Gasteiger partial charge in [-0.2, -0.15) is 5.10 Å². The molecule has 2 heterocycles. The van der Waals surface area contributed by atoms with Crippen molar-refractivity contribution in [2.75, 3.05) is 0 Å². The van der Waals surface area contributed by atoms with Gasteiger partial charge in [0.2, 0.25) is 6.04 Å². The Labute approximate surface area is 92.0 Å². The highest BCUT2D eigenvalue weighted by Gasteiger charge is 2.39. The van der Waals surface area contributed by atoms with E-state index in [4.69, 9.17) is 7.98 Å². The van der Waals surface area contributed by atoms with Crippen LogP contribution in [0.1, 0.15) is 24.6 Å². The second kappa shape index (κ2) is 3.17. The molecule has 80 valence electrons. The van der Waals surface area contributed by atoms with Gasteiger partial charge in [0.05, 0.1) is 12.1 Å². The van der Waals surface area contributed by atoms with Gasteiger partial charge in [-0.3, -0.25) is 9.89 Å². The van der Waals surface area contributed by atoms with Gasteiger partial charge in [-0.25, -0.2) is 11.6 Å². The first-order valence-corrected chi connectivity index (χ1v) is 5.04. The minimum Gasteiger partial charge on any atom is -0.313 e. The zero-order chi connectivity index (χ0) is 12.0. The predicted octanol–water partition coefficient (Wildman–Crippen LogP) is 0.811. The quantitative estimate of drug-likeness (QED) is 0.692. The van der Waals surface area contributed by atoms with Crippen LogP contribution >= 0.6 is 0 Å². The first-order valence-electron chi connectivity index (χ1n) is 5.49. The number of hydrogen-bond acceptors (Lipinski definition) is 3. The van der Waals surface area contributed by atoms with Crippen molar-refractivity contribution in [3.8, 4) is 0 Å². The van der Waals surface area contributed by atoms with Crippen LogP contribution in [0.15, 0.2) is 11.0 Å². The first kappa shape index (κ1) is 8.05. The van der Waals surface area contributed by atoms with Crippen molar-refractivity contribution in [2.24, 2.45) is 0 Å². The molecule has 6 nitrogen and oxygen atoms in total. The molecule has 0 aliphatic heterocycles. The van der Waals surface area contributed by atoms with E-state index >= 15 is 0 Å². The molecule has 0 amide bonds. The van der Waals surface area contributed by atoms with Crippen LogP contribution < -0.4 is 5.56 Å². The minimum atomic E-state index is -0.292. The fourth-order valence-corrected chi connectivity index (χ4v) is 1.95. The van der Waals surface area contributed by atoms with Crippen LogP contribution in [-0.4, -0.2) is 26.2 Å². The van der Waals surface area contributed by atoms with Crippen molar-refractivity contribution in [1.82, 2.24) is 20.2 Å². The van der Waals surface area contributed by atoms with Crippen LogP contribution in [-0.2, 0) is 0 Å². The number of aromatic nitrogens is 4. The minimum absolute atomic E-state index is 0.0144. The molecular formula is C10H9N5O. The maximum Gasteiger partial charge on any atom is 0.262 e. The Morgan fingerprint density at radius 3 is 3.19 bits per heavy atom. The van der Waals surface area contributed by atoms with Crippen molar-refractivity contribution in [3.63, 3.8) is 0 Å². The van der Waals surface area contributed by atoms with Gasteiger partial charge in [-0.1, -0.05) is 0 Å². The lowest BCUT2D eigenvalue weighted by Crippen LogP contribution is -2.29. The lowest BCUT2D eigenvalue weighted by molar-refractivity contribution is 0.375. The number of nitrogens with one attached hydrogen (secondary N) is 2. The number of H-pyrrole nitrogens is 2. The molecule has 1 aliphatic rings. The lowest BCUT2D eigenvalue weighted by atomic mass is 9.79. The number of hydrogen-bond donors (Lipinski definition) is 2. The summed E-state index contributed by atoms with van der Waals surface area (Å²) in [4.78, 5) is 22.1. The summed E-state index contributed by atoms with van der Waals surface area (Å²) in [5, 5.41) is 4.82. The van der Waals surface area contributed by atoms with Crippen LogP contribution in [0.5, 0.6) is 0 Å². The van der Waals surface area contributed by atoms with Crippen molar-refractivity contribution in [1.29, 1.82) is 0 Å². The largest absolute Gasteiger partial charge is 0.313 e. The third-order valence-corrected chi connectivity index (χ3v) is 3.05. The van der Waals surface area contributed by atoms with Gasteiger partial charge in [-0.05, 0) is 6.42 Å². The molecule has 16 heavy (non-hydrogen) atoms. The molecule has 0 spiro atoms. The summed E-state index contributed by atoms with van der Waals surface area (Å²) in [6.07, 6.45) is 3.02. The summed E-state index contributed by atoms with van der Waals surface area (Å²) in [5.41, 5.74) is -0.0430. The zero-order valence-electron chi connectivity index (χ0n) is 9.34. The standard InChI is InChI=1S/C10H9N5O/c1-11-7-3-2-5(7)8-13-9-6(4-12-15-9)10(16)14-8/h4-5,7H,2-3H2,(H2,12,13,14,15,16)/i/hD. The molecule has 1 fully saturated rings. The van der Waals surface area contributed by atoms with Crippen molar-refractivity contribution in [2.45, 2.75) is 24.8 Å². The van der Waals surface area contributed by atoms with Crippen molar-refractivity contribution < 1.29 is 1.41 Å². The summed E-state index contributed by atoms with van der Waals surface area (Å²) in [6.45, 7) is 7.02. The predicted molar refractivity (Wildman–Crippen MR) is 56.9 cm³/mol. The fraction of sp³-hybridized carbons (Fsp3) is 0.400. The van der Waals surface area contributed by atoms with Gasteiger partial charge in [0, 0.05) is 6.42 Å². The van der Waals surface area contributed by atoms with E-state index in [2.05, 4.69) is 19.9 Å². The van der Waals surface area contributed by atoms with Crippen molar-refractivity contribution >= 4 is 11.0 Å². The molecule has 1 saturated carbocycles. The Hall–Kier alpha value is -2.16. The highest BCUT2D eigenvalue weighted by Crippen LogP contribution is 2.37. The highest BCUT2D eigenvalue weighted by atomic mass is 16.1. The second-order valence-corrected chi connectivity index (χ2v) is 3.91.